The molecule has 2 N–H and O–H groups in total. The molecule has 0 saturated heterocycles. The van der Waals surface area contributed by atoms with Gasteiger partial charge in [0.05, 0.1) is 0 Å². The summed E-state index contributed by atoms with van der Waals surface area (Å²) in [6.45, 7) is 6.05. The summed E-state index contributed by atoms with van der Waals surface area (Å²) in [4.78, 5) is 0. The van der Waals surface area contributed by atoms with Gasteiger partial charge in [0.15, 0.2) is 6.29 Å². The highest BCUT2D eigenvalue weighted by Gasteiger charge is 2.05. The van der Waals surface area contributed by atoms with Crippen LogP contribution in [0.5, 0.6) is 0 Å². The third-order valence-electron chi connectivity index (χ3n) is 2.63. The van der Waals surface area contributed by atoms with Crippen molar-refractivity contribution in [1.82, 2.24) is 0 Å². The van der Waals surface area contributed by atoms with Crippen molar-refractivity contribution >= 4 is 0 Å². The van der Waals surface area contributed by atoms with Gasteiger partial charge in [-0.25, -0.2) is 4.39 Å². The molecule has 0 atom stereocenters. The van der Waals surface area contributed by atoms with E-state index in [1.54, 1.807) is 6.07 Å². The number of ether oxygens (including phenoxy) is 2. The standard InChI is InChI=1S/C8H19NO2.C6H3F/c1-3-10-8(11-4-2)6-5-7-9;7-6-3-4-1-2-5(4)6/h8H,3-7,9H2,1-2H3;1-3H. The van der Waals surface area contributed by atoms with E-state index < -0.39 is 0 Å². The van der Waals surface area contributed by atoms with Gasteiger partial charge in [0, 0.05) is 18.4 Å². The molecule has 2 aliphatic carbocycles. The van der Waals surface area contributed by atoms with Crippen molar-refractivity contribution in [3.8, 4) is 0 Å². The first-order valence-corrected chi connectivity index (χ1v) is 6.46. The van der Waals surface area contributed by atoms with Crippen LogP contribution in [0.3, 0.4) is 0 Å². The minimum Gasteiger partial charge on any atom is -0.353 e. The monoisotopic (exact) mass is 255 g/mol. The Kier molecular flexibility index (Phi) is 6.86. The summed E-state index contributed by atoms with van der Waals surface area (Å²) < 4.78 is 22.6. The number of rotatable bonds is 7. The van der Waals surface area contributed by atoms with E-state index in [1.165, 1.54) is 6.07 Å². The molecule has 0 saturated carbocycles. The lowest BCUT2D eigenvalue weighted by Crippen LogP contribution is -2.18. The number of halogens is 1. The van der Waals surface area contributed by atoms with Gasteiger partial charge >= 0.3 is 0 Å². The molecule has 0 bridgehead atoms. The summed E-state index contributed by atoms with van der Waals surface area (Å²) in [5.74, 6) is -0.0579. The molecule has 0 spiro atoms. The van der Waals surface area contributed by atoms with Crippen LogP contribution in [0.25, 0.3) is 0 Å². The van der Waals surface area contributed by atoms with Gasteiger partial charge in [0.25, 0.3) is 0 Å². The summed E-state index contributed by atoms with van der Waals surface area (Å²) in [5.41, 5.74) is 5.36. The van der Waals surface area contributed by atoms with Crippen LogP contribution in [0.4, 0.5) is 4.39 Å². The highest BCUT2D eigenvalue weighted by molar-refractivity contribution is 5.24. The van der Waals surface area contributed by atoms with Crippen LogP contribution in [0.1, 0.15) is 26.7 Å². The summed E-state index contributed by atoms with van der Waals surface area (Å²) >= 11 is 0. The van der Waals surface area contributed by atoms with E-state index in [2.05, 4.69) is 0 Å². The highest BCUT2D eigenvalue weighted by atomic mass is 19.1. The van der Waals surface area contributed by atoms with Gasteiger partial charge in [-0.2, -0.15) is 0 Å². The largest absolute Gasteiger partial charge is 0.353 e. The lowest BCUT2D eigenvalue weighted by molar-refractivity contribution is -0.139. The molecule has 18 heavy (non-hydrogen) atoms. The van der Waals surface area contributed by atoms with Gasteiger partial charge in [-0.15, -0.1) is 0 Å². The number of nitrogens with two attached hydrogens (primary N) is 1. The Balaban J connectivity index is 0.000000194. The zero-order valence-electron chi connectivity index (χ0n) is 11.1. The minimum atomic E-state index is -0.0579. The van der Waals surface area contributed by atoms with Crippen LogP contribution in [0.2, 0.25) is 0 Å². The first-order valence-electron chi connectivity index (χ1n) is 6.46. The van der Waals surface area contributed by atoms with Crippen molar-refractivity contribution in [2.75, 3.05) is 19.8 Å². The quantitative estimate of drug-likeness (QED) is 0.773. The Morgan fingerprint density at radius 1 is 1.22 bits per heavy atom. The van der Waals surface area contributed by atoms with Gasteiger partial charge in [-0.3, -0.25) is 0 Å². The van der Waals surface area contributed by atoms with E-state index in [0.717, 1.165) is 23.3 Å². The second-order valence-electron chi connectivity index (χ2n) is 3.97. The lowest BCUT2D eigenvalue weighted by atomic mass is 10.1. The number of benzene rings is 1. The van der Waals surface area contributed by atoms with E-state index in [9.17, 15) is 4.39 Å². The van der Waals surface area contributed by atoms with E-state index in [1.807, 2.05) is 19.9 Å². The molecular weight excluding hydrogens is 233 g/mol. The van der Waals surface area contributed by atoms with E-state index in [-0.39, 0.29) is 12.1 Å². The first-order chi connectivity index (χ1) is 8.72. The van der Waals surface area contributed by atoms with Gasteiger partial charge < -0.3 is 15.2 Å². The fourth-order valence-electron chi connectivity index (χ4n) is 1.61. The lowest BCUT2D eigenvalue weighted by Gasteiger charge is -2.15. The SMILES string of the molecule is CCOC(CCCN)OCC.Fc1cc2ccc1=2. The molecule has 102 valence electrons. The molecule has 2 rings (SSSR count). The van der Waals surface area contributed by atoms with Crippen molar-refractivity contribution in [1.29, 1.82) is 0 Å². The Bertz CT molecular complexity index is 430. The van der Waals surface area contributed by atoms with E-state index in [0.29, 0.717) is 19.8 Å². The molecular formula is C14H22FNO2. The predicted octanol–water partition coefficient (Wildman–Crippen LogP) is 2.55. The summed E-state index contributed by atoms with van der Waals surface area (Å²) in [7, 11) is 0. The van der Waals surface area contributed by atoms with Gasteiger partial charge in [0.1, 0.15) is 5.82 Å². The molecule has 0 heterocycles. The Labute approximate surface area is 107 Å². The molecule has 0 radical (unpaired) electrons. The van der Waals surface area contributed by atoms with Gasteiger partial charge in [-0.05, 0) is 44.5 Å². The fourth-order valence-corrected chi connectivity index (χ4v) is 1.61. The van der Waals surface area contributed by atoms with Crippen molar-refractivity contribution < 1.29 is 13.9 Å². The summed E-state index contributed by atoms with van der Waals surface area (Å²) in [6.07, 6.45) is 1.82. The fraction of sp³-hybridized carbons (Fsp3) is 0.571. The summed E-state index contributed by atoms with van der Waals surface area (Å²) in [6, 6.07) is 5.22. The first kappa shape index (κ1) is 15.1. The van der Waals surface area contributed by atoms with Crippen molar-refractivity contribution in [2.45, 2.75) is 33.0 Å². The zero-order valence-corrected chi connectivity index (χ0v) is 11.1. The minimum absolute atomic E-state index is 0.0476. The summed E-state index contributed by atoms with van der Waals surface area (Å²) in [5, 5.41) is 1.87. The number of hydrogen-bond acceptors (Lipinski definition) is 3. The van der Waals surface area contributed by atoms with Crippen molar-refractivity contribution in [3.63, 3.8) is 0 Å². The molecule has 3 nitrogen and oxygen atoms in total. The molecule has 2 aliphatic rings. The van der Waals surface area contributed by atoms with Crippen LogP contribution in [-0.2, 0) is 9.47 Å². The van der Waals surface area contributed by atoms with Crippen molar-refractivity contribution in [2.24, 2.45) is 5.73 Å². The Hall–Kier alpha value is -0.970. The maximum Gasteiger partial charge on any atom is 0.157 e. The van der Waals surface area contributed by atoms with Crippen LogP contribution in [-0.4, -0.2) is 26.0 Å². The third-order valence-corrected chi connectivity index (χ3v) is 2.63. The molecule has 0 fully saturated rings. The molecule has 4 heteroatoms. The second kappa shape index (κ2) is 8.19. The van der Waals surface area contributed by atoms with Gasteiger partial charge in [0.2, 0.25) is 0 Å². The maximum atomic E-state index is 12.0. The van der Waals surface area contributed by atoms with Crippen LogP contribution < -0.4 is 5.73 Å². The van der Waals surface area contributed by atoms with Crippen LogP contribution >= 0.6 is 0 Å². The van der Waals surface area contributed by atoms with Gasteiger partial charge in [-0.1, -0.05) is 12.1 Å². The smallest absolute Gasteiger partial charge is 0.157 e. The second-order valence-corrected chi connectivity index (χ2v) is 3.97. The molecule has 0 aliphatic heterocycles. The average molecular weight is 255 g/mol. The van der Waals surface area contributed by atoms with Crippen LogP contribution in [0, 0.1) is 16.3 Å². The Morgan fingerprint density at radius 3 is 2.11 bits per heavy atom. The normalized spacial score (nSPS) is 11.2. The molecule has 0 unspecified atom stereocenters. The Morgan fingerprint density at radius 2 is 1.89 bits per heavy atom. The van der Waals surface area contributed by atoms with E-state index in [4.69, 9.17) is 15.2 Å². The van der Waals surface area contributed by atoms with E-state index >= 15 is 0 Å². The topological polar surface area (TPSA) is 44.5 Å². The maximum absolute atomic E-state index is 12.0. The molecule has 0 aromatic rings. The van der Waals surface area contributed by atoms with Crippen LogP contribution in [0.15, 0.2) is 18.2 Å². The molecule has 0 aromatic carbocycles. The average Bonchev–Trinajstić information content (AvgIpc) is 2.34. The highest BCUT2D eigenvalue weighted by Crippen LogP contribution is 2.12. The van der Waals surface area contributed by atoms with Crippen molar-refractivity contribution in [3.05, 3.63) is 34.5 Å². The third kappa shape index (κ3) is 4.37. The zero-order chi connectivity index (χ0) is 13.4. The number of hydrogen-bond donors (Lipinski definition) is 1. The predicted molar refractivity (Wildman–Crippen MR) is 69.4 cm³/mol. The molecule has 0 amide bonds. The molecule has 0 aromatic heterocycles.